The number of nitrogens with zero attached hydrogens (tertiary/aromatic N) is 2. The van der Waals surface area contributed by atoms with E-state index in [4.69, 9.17) is 11.6 Å². The Morgan fingerprint density at radius 2 is 1.85 bits per heavy atom. The van der Waals surface area contributed by atoms with Crippen LogP contribution in [0.5, 0.6) is 0 Å². The number of anilines is 1. The summed E-state index contributed by atoms with van der Waals surface area (Å²) in [5.41, 5.74) is 5.73. The molecule has 6 rings (SSSR count). The lowest BCUT2D eigenvalue weighted by molar-refractivity contribution is -0.111. The molecule has 0 unspecified atom stereocenters. The van der Waals surface area contributed by atoms with E-state index in [2.05, 4.69) is 20.5 Å². The van der Waals surface area contributed by atoms with Crippen LogP contribution in [0, 0.1) is 17.7 Å². The van der Waals surface area contributed by atoms with Crippen LogP contribution in [0.2, 0.25) is 5.02 Å². The van der Waals surface area contributed by atoms with Crippen molar-refractivity contribution in [3.05, 3.63) is 117 Å². The fraction of sp³-hybridized carbons (Fsp3) is 0.129. The molecule has 200 valence electrons. The number of aromatic amines is 1. The lowest BCUT2D eigenvalue weighted by Gasteiger charge is -2.32. The molecule has 1 saturated carbocycles. The number of halogens is 3. The topological polar surface area (TPSA) is 70.7 Å². The highest BCUT2D eigenvalue weighted by molar-refractivity contribution is 7.13. The molecule has 0 aliphatic heterocycles. The first-order valence-corrected chi connectivity index (χ1v) is 14.0. The molecule has 2 aromatic heterocycles. The third kappa shape index (κ3) is 5.33. The summed E-state index contributed by atoms with van der Waals surface area (Å²) in [6.07, 6.45) is 7.85. The Kier molecular flexibility index (Phi) is 7.28. The Morgan fingerprint density at radius 1 is 1.05 bits per heavy atom. The van der Waals surface area contributed by atoms with Crippen molar-refractivity contribution < 1.29 is 13.6 Å². The Morgan fingerprint density at radius 3 is 2.55 bits per heavy atom. The van der Waals surface area contributed by atoms with Gasteiger partial charge >= 0.3 is 0 Å². The summed E-state index contributed by atoms with van der Waals surface area (Å²) in [7, 11) is 0. The molecular formula is C31H23ClF2N4OS. The van der Waals surface area contributed by atoms with Gasteiger partial charge in [-0.2, -0.15) is 9.49 Å². The van der Waals surface area contributed by atoms with Gasteiger partial charge in [0.25, 0.3) is 0 Å². The van der Waals surface area contributed by atoms with Crippen molar-refractivity contribution in [2.75, 3.05) is 5.32 Å². The first kappa shape index (κ1) is 26.1. The maximum absolute atomic E-state index is 14.5. The molecule has 1 fully saturated rings. The number of nitrogens with one attached hydrogen (secondary N) is 2. The number of aromatic nitrogens is 3. The van der Waals surface area contributed by atoms with Crippen LogP contribution in [-0.2, 0) is 4.79 Å². The fourth-order valence-electron chi connectivity index (χ4n) is 4.94. The fourth-order valence-corrected chi connectivity index (χ4v) is 5.74. The zero-order valence-corrected chi connectivity index (χ0v) is 22.7. The summed E-state index contributed by atoms with van der Waals surface area (Å²) in [5, 5.41) is 12.2. The van der Waals surface area contributed by atoms with Crippen molar-refractivity contribution in [3.8, 4) is 0 Å². The Labute approximate surface area is 238 Å². The summed E-state index contributed by atoms with van der Waals surface area (Å²) in [6.45, 7) is 0. The zero-order chi connectivity index (χ0) is 27.6. The van der Waals surface area contributed by atoms with Crippen molar-refractivity contribution >= 4 is 62.1 Å². The zero-order valence-electron chi connectivity index (χ0n) is 21.1. The highest BCUT2D eigenvalue weighted by Gasteiger charge is 2.29. The number of benzene rings is 3. The standard InChI is InChI=1S/C31H23ClF2N4OS/c32-25-17-22(33)10-11-23(25)29(19-2-1-3-19)28(21-9-12-26-24(16-21)30(34)38-37-26)20-7-4-18(5-8-20)6-13-27(39)36-31-35-14-15-40-31/h4-17,19H,1-3H2,(H,37,38)(H,35,36,39). The quantitative estimate of drug-likeness (QED) is 0.152. The van der Waals surface area contributed by atoms with Crippen LogP contribution in [0.4, 0.5) is 13.9 Å². The number of allylic oxidation sites excluding steroid dienone is 1. The van der Waals surface area contributed by atoms with Crippen molar-refractivity contribution in [1.29, 1.82) is 0 Å². The molecular weight excluding hydrogens is 550 g/mol. The first-order valence-electron chi connectivity index (χ1n) is 12.8. The summed E-state index contributed by atoms with van der Waals surface area (Å²) in [4.78, 5) is 16.3. The summed E-state index contributed by atoms with van der Waals surface area (Å²) in [6, 6.07) is 17.8. The maximum Gasteiger partial charge on any atom is 0.250 e. The van der Waals surface area contributed by atoms with Crippen LogP contribution in [0.1, 0.15) is 41.5 Å². The van der Waals surface area contributed by atoms with E-state index in [0.717, 1.165) is 52.7 Å². The number of hydrogen-bond acceptors (Lipinski definition) is 4. The van der Waals surface area contributed by atoms with E-state index in [1.807, 2.05) is 30.3 Å². The second kappa shape index (κ2) is 11.2. The minimum absolute atomic E-state index is 0.219. The van der Waals surface area contributed by atoms with Crippen LogP contribution in [0.15, 0.2) is 78.3 Å². The lowest BCUT2D eigenvalue weighted by Crippen LogP contribution is -2.15. The summed E-state index contributed by atoms with van der Waals surface area (Å²) < 4.78 is 28.6. The SMILES string of the molecule is O=C(C=Cc1ccc(C(=C(c2ccc(F)cc2Cl)C2CCC2)c2ccc3n[nH]c(F)c3c2)cc1)Nc1nccs1. The van der Waals surface area contributed by atoms with Gasteiger partial charge in [0.15, 0.2) is 5.13 Å². The highest BCUT2D eigenvalue weighted by atomic mass is 35.5. The second-order valence-corrected chi connectivity index (χ2v) is 10.9. The largest absolute Gasteiger partial charge is 0.298 e. The van der Waals surface area contributed by atoms with E-state index in [9.17, 15) is 13.6 Å². The highest BCUT2D eigenvalue weighted by Crippen LogP contribution is 2.47. The van der Waals surface area contributed by atoms with E-state index in [-0.39, 0.29) is 11.8 Å². The minimum atomic E-state index is -0.502. The average molecular weight is 573 g/mol. The predicted molar refractivity (Wildman–Crippen MR) is 157 cm³/mol. The van der Waals surface area contributed by atoms with E-state index in [0.29, 0.717) is 21.1 Å². The number of hydrogen-bond donors (Lipinski definition) is 2. The minimum Gasteiger partial charge on any atom is -0.298 e. The maximum atomic E-state index is 14.5. The van der Waals surface area contributed by atoms with Crippen LogP contribution in [0.3, 0.4) is 0 Å². The van der Waals surface area contributed by atoms with Gasteiger partial charge in [-0.3, -0.25) is 15.2 Å². The molecule has 2 N–H and O–H groups in total. The van der Waals surface area contributed by atoms with Crippen LogP contribution in [-0.4, -0.2) is 21.1 Å². The summed E-state index contributed by atoms with van der Waals surface area (Å²) in [5.74, 6) is -0.955. The monoisotopic (exact) mass is 572 g/mol. The Hall–Kier alpha value is -4.14. The molecule has 1 aliphatic carbocycles. The van der Waals surface area contributed by atoms with Gasteiger partial charge in [-0.05, 0) is 82.5 Å². The smallest absolute Gasteiger partial charge is 0.250 e. The molecule has 0 bridgehead atoms. The molecule has 1 aliphatic rings. The van der Waals surface area contributed by atoms with Crippen molar-refractivity contribution in [3.63, 3.8) is 0 Å². The molecule has 40 heavy (non-hydrogen) atoms. The molecule has 0 spiro atoms. The van der Waals surface area contributed by atoms with Crippen molar-refractivity contribution in [2.45, 2.75) is 19.3 Å². The van der Waals surface area contributed by atoms with Gasteiger partial charge in [-0.1, -0.05) is 54.4 Å². The van der Waals surface area contributed by atoms with E-state index in [1.54, 1.807) is 35.9 Å². The van der Waals surface area contributed by atoms with E-state index < -0.39 is 11.8 Å². The molecule has 9 heteroatoms. The van der Waals surface area contributed by atoms with E-state index in [1.165, 1.54) is 29.5 Å². The number of thiazole rings is 1. The van der Waals surface area contributed by atoms with Gasteiger partial charge in [0.05, 0.1) is 15.9 Å². The van der Waals surface area contributed by atoms with E-state index >= 15 is 0 Å². The van der Waals surface area contributed by atoms with Gasteiger partial charge in [0.2, 0.25) is 11.9 Å². The lowest BCUT2D eigenvalue weighted by atomic mass is 9.73. The van der Waals surface area contributed by atoms with Gasteiger partial charge in [-0.15, -0.1) is 11.3 Å². The van der Waals surface area contributed by atoms with Gasteiger partial charge in [-0.25, -0.2) is 9.37 Å². The normalized spacial score (nSPS) is 14.4. The van der Waals surface area contributed by atoms with Crippen molar-refractivity contribution in [1.82, 2.24) is 15.2 Å². The van der Waals surface area contributed by atoms with Gasteiger partial charge in [0, 0.05) is 17.7 Å². The number of rotatable bonds is 7. The van der Waals surface area contributed by atoms with Crippen LogP contribution in [0.25, 0.3) is 28.1 Å². The van der Waals surface area contributed by atoms with Gasteiger partial charge in [0.1, 0.15) is 5.82 Å². The van der Waals surface area contributed by atoms with Crippen molar-refractivity contribution in [2.24, 2.45) is 5.92 Å². The molecule has 2 heterocycles. The number of H-pyrrole nitrogens is 1. The summed E-state index contributed by atoms with van der Waals surface area (Å²) >= 11 is 7.97. The molecule has 3 aromatic carbocycles. The number of amides is 1. The Bertz CT molecular complexity index is 1760. The molecule has 0 saturated heterocycles. The van der Waals surface area contributed by atoms with Crippen LogP contribution < -0.4 is 5.32 Å². The number of carbonyl (C=O) groups is 1. The molecule has 0 atom stereocenters. The third-order valence-electron chi connectivity index (χ3n) is 7.09. The second-order valence-electron chi connectivity index (χ2n) is 9.59. The molecule has 5 nitrogen and oxygen atoms in total. The van der Waals surface area contributed by atoms with Crippen LogP contribution >= 0.6 is 22.9 Å². The molecule has 5 aromatic rings. The number of carbonyl (C=O) groups excluding carboxylic acids is 1. The van der Waals surface area contributed by atoms with Gasteiger partial charge < -0.3 is 0 Å². The first-order chi connectivity index (χ1) is 19.5. The average Bonchev–Trinajstić information content (AvgIpc) is 3.56. The third-order valence-corrected chi connectivity index (χ3v) is 8.09. The molecule has 1 amide bonds. The number of fused-ring (bicyclic) bond motifs is 1. The molecule has 0 radical (unpaired) electrons. The predicted octanol–water partition coefficient (Wildman–Crippen LogP) is 8.36. The Balaban J connectivity index is 1.45.